The first-order valence-electron chi connectivity index (χ1n) is 8.41. The van der Waals surface area contributed by atoms with Crippen molar-refractivity contribution in [3.63, 3.8) is 0 Å². The number of halogens is 1. The van der Waals surface area contributed by atoms with Crippen molar-refractivity contribution >= 4 is 33.2 Å². The van der Waals surface area contributed by atoms with Gasteiger partial charge in [0.1, 0.15) is 5.69 Å². The summed E-state index contributed by atoms with van der Waals surface area (Å²) >= 11 is 6.27. The van der Waals surface area contributed by atoms with Crippen LogP contribution in [0.15, 0.2) is 77.8 Å². The van der Waals surface area contributed by atoms with Crippen molar-refractivity contribution in [2.45, 2.75) is 11.4 Å². The van der Waals surface area contributed by atoms with Gasteiger partial charge in [-0.2, -0.15) is 4.31 Å². The molecule has 1 aromatic heterocycles. The molecule has 0 saturated heterocycles. The molecule has 1 N–H and O–H groups in total. The largest absolute Gasteiger partial charge is 0.319 e. The molecule has 0 aliphatic rings. The highest BCUT2D eigenvalue weighted by molar-refractivity contribution is 7.89. The Balaban J connectivity index is 1.87. The molecule has 144 valence electrons. The molecule has 0 spiro atoms. The zero-order valence-corrected chi connectivity index (χ0v) is 16.6. The SMILES string of the molecule is CN(Cc1cccc(Cl)c1NC(=O)c1ccccn1)S(=O)(=O)c1ccccc1. The summed E-state index contributed by atoms with van der Waals surface area (Å²) in [5.41, 5.74) is 1.16. The quantitative estimate of drug-likeness (QED) is 0.664. The van der Waals surface area contributed by atoms with Gasteiger partial charge in [0.15, 0.2) is 0 Å². The van der Waals surface area contributed by atoms with Crippen molar-refractivity contribution in [2.24, 2.45) is 0 Å². The van der Waals surface area contributed by atoms with Crippen molar-refractivity contribution in [3.05, 3.63) is 89.2 Å². The Morgan fingerprint density at radius 2 is 1.75 bits per heavy atom. The molecule has 3 aromatic rings. The van der Waals surface area contributed by atoms with Gasteiger partial charge in [-0.25, -0.2) is 8.42 Å². The molecule has 1 amide bonds. The molecule has 0 saturated carbocycles. The summed E-state index contributed by atoms with van der Waals surface area (Å²) < 4.78 is 26.8. The second kappa shape index (κ2) is 8.52. The van der Waals surface area contributed by atoms with Crippen molar-refractivity contribution in [2.75, 3.05) is 12.4 Å². The van der Waals surface area contributed by atoms with E-state index >= 15 is 0 Å². The number of anilines is 1. The lowest BCUT2D eigenvalue weighted by molar-refractivity contribution is 0.102. The molecular formula is C20H18ClN3O3S. The van der Waals surface area contributed by atoms with E-state index in [-0.39, 0.29) is 17.1 Å². The lowest BCUT2D eigenvalue weighted by Gasteiger charge is -2.20. The Hall–Kier alpha value is -2.74. The van der Waals surface area contributed by atoms with E-state index in [2.05, 4.69) is 10.3 Å². The van der Waals surface area contributed by atoms with E-state index in [4.69, 9.17) is 11.6 Å². The van der Waals surface area contributed by atoms with E-state index in [0.717, 1.165) is 0 Å². The maximum absolute atomic E-state index is 12.8. The molecular weight excluding hydrogens is 398 g/mol. The summed E-state index contributed by atoms with van der Waals surface area (Å²) in [6.07, 6.45) is 1.52. The van der Waals surface area contributed by atoms with Gasteiger partial charge in [-0.1, -0.05) is 48.0 Å². The third-order valence-corrected chi connectivity index (χ3v) is 6.21. The second-order valence-electron chi connectivity index (χ2n) is 6.02. The summed E-state index contributed by atoms with van der Waals surface area (Å²) in [7, 11) is -2.20. The summed E-state index contributed by atoms with van der Waals surface area (Å²) in [5, 5.41) is 3.05. The van der Waals surface area contributed by atoms with Gasteiger partial charge in [-0.05, 0) is 35.9 Å². The Labute approximate surface area is 168 Å². The van der Waals surface area contributed by atoms with Crippen molar-refractivity contribution < 1.29 is 13.2 Å². The normalized spacial score (nSPS) is 11.4. The Morgan fingerprint density at radius 3 is 2.43 bits per heavy atom. The van der Waals surface area contributed by atoms with E-state index in [1.165, 1.54) is 29.7 Å². The highest BCUT2D eigenvalue weighted by Gasteiger charge is 2.22. The van der Waals surface area contributed by atoms with Crippen molar-refractivity contribution in [3.8, 4) is 0 Å². The van der Waals surface area contributed by atoms with Crippen LogP contribution in [-0.4, -0.2) is 30.7 Å². The van der Waals surface area contributed by atoms with Crippen LogP contribution in [0.25, 0.3) is 0 Å². The minimum atomic E-state index is -3.68. The van der Waals surface area contributed by atoms with Crippen LogP contribution in [0, 0.1) is 0 Å². The number of para-hydroxylation sites is 1. The lowest BCUT2D eigenvalue weighted by Crippen LogP contribution is -2.27. The first-order chi connectivity index (χ1) is 13.4. The number of benzene rings is 2. The molecule has 0 aliphatic heterocycles. The smallest absolute Gasteiger partial charge is 0.274 e. The van der Waals surface area contributed by atoms with Gasteiger partial charge in [0.05, 0.1) is 15.6 Å². The van der Waals surface area contributed by atoms with Crippen LogP contribution in [0.2, 0.25) is 5.02 Å². The third kappa shape index (κ3) is 4.39. The lowest BCUT2D eigenvalue weighted by atomic mass is 10.1. The fourth-order valence-corrected chi connectivity index (χ4v) is 4.02. The molecule has 8 heteroatoms. The first kappa shape index (κ1) is 20.0. The average Bonchev–Trinajstić information content (AvgIpc) is 2.71. The standard InChI is InChI=1S/C20H18ClN3O3S/c1-24(28(26,27)16-9-3-2-4-10-16)14-15-8-7-11-17(21)19(15)23-20(25)18-12-5-6-13-22-18/h2-13H,14H2,1H3,(H,23,25). The molecule has 0 aliphatic carbocycles. The van der Waals surface area contributed by atoms with Crippen molar-refractivity contribution in [1.29, 1.82) is 0 Å². The Morgan fingerprint density at radius 1 is 1.04 bits per heavy atom. The number of carbonyl (C=O) groups is 1. The molecule has 0 bridgehead atoms. The van der Waals surface area contributed by atoms with Gasteiger partial charge in [-0.15, -0.1) is 0 Å². The number of nitrogens with zero attached hydrogens (tertiary/aromatic N) is 2. The van der Waals surface area contributed by atoms with Gasteiger partial charge >= 0.3 is 0 Å². The van der Waals surface area contributed by atoms with Crippen LogP contribution < -0.4 is 5.32 Å². The first-order valence-corrected chi connectivity index (χ1v) is 10.2. The van der Waals surface area contributed by atoms with Crippen LogP contribution in [0.1, 0.15) is 16.1 Å². The van der Waals surface area contributed by atoms with Gasteiger partial charge in [-0.3, -0.25) is 9.78 Å². The predicted molar refractivity (Wildman–Crippen MR) is 109 cm³/mol. The minimum absolute atomic E-state index is 0.0373. The fourth-order valence-electron chi connectivity index (χ4n) is 2.61. The molecule has 2 aromatic carbocycles. The van der Waals surface area contributed by atoms with Crippen LogP contribution in [0.3, 0.4) is 0 Å². The maximum atomic E-state index is 12.8. The number of rotatable bonds is 6. The molecule has 28 heavy (non-hydrogen) atoms. The second-order valence-corrected chi connectivity index (χ2v) is 8.47. The summed E-state index contributed by atoms with van der Waals surface area (Å²) in [5.74, 6) is -0.427. The minimum Gasteiger partial charge on any atom is -0.319 e. The zero-order chi connectivity index (χ0) is 20.1. The number of amides is 1. The number of sulfonamides is 1. The van der Waals surface area contributed by atoms with Gasteiger partial charge in [0, 0.05) is 19.8 Å². The summed E-state index contributed by atoms with van der Waals surface area (Å²) in [4.78, 5) is 16.7. The maximum Gasteiger partial charge on any atom is 0.274 e. The van der Waals surface area contributed by atoms with Gasteiger partial charge < -0.3 is 5.32 Å². The predicted octanol–water partition coefficient (Wildman–Crippen LogP) is 3.81. The molecule has 0 radical (unpaired) electrons. The van der Waals surface area contributed by atoms with Gasteiger partial charge in [0.25, 0.3) is 5.91 Å². The molecule has 0 fully saturated rings. The average molecular weight is 416 g/mol. The number of aromatic nitrogens is 1. The molecule has 0 unspecified atom stereocenters. The van der Waals surface area contributed by atoms with Crippen LogP contribution in [0.4, 0.5) is 5.69 Å². The molecule has 3 rings (SSSR count). The Kier molecular flexibility index (Phi) is 6.08. The summed E-state index contributed by atoms with van der Waals surface area (Å²) in [6, 6.07) is 18.2. The van der Waals surface area contributed by atoms with Crippen molar-refractivity contribution in [1.82, 2.24) is 9.29 Å². The number of nitrogens with one attached hydrogen (secondary N) is 1. The van der Waals surface area contributed by atoms with E-state index in [1.54, 1.807) is 54.6 Å². The van der Waals surface area contributed by atoms with E-state index in [0.29, 0.717) is 16.3 Å². The van der Waals surface area contributed by atoms with Crippen LogP contribution in [0.5, 0.6) is 0 Å². The zero-order valence-electron chi connectivity index (χ0n) is 15.0. The number of hydrogen-bond donors (Lipinski definition) is 1. The number of hydrogen-bond acceptors (Lipinski definition) is 4. The third-order valence-electron chi connectivity index (χ3n) is 4.08. The Bertz CT molecular complexity index is 1070. The number of carbonyl (C=O) groups excluding carboxylic acids is 1. The van der Waals surface area contributed by atoms with E-state index < -0.39 is 15.9 Å². The number of pyridine rings is 1. The highest BCUT2D eigenvalue weighted by atomic mass is 35.5. The van der Waals surface area contributed by atoms with E-state index in [1.807, 2.05) is 0 Å². The molecule has 6 nitrogen and oxygen atoms in total. The monoisotopic (exact) mass is 415 g/mol. The molecule has 0 atom stereocenters. The topological polar surface area (TPSA) is 79.4 Å². The van der Waals surface area contributed by atoms with Gasteiger partial charge in [0.2, 0.25) is 10.0 Å². The van der Waals surface area contributed by atoms with Crippen LogP contribution >= 0.6 is 11.6 Å². The highest BCUT2D eigenvalue weighted by Crippen LogP contribution is 2.28. The summed E-state index contributed by atoms with van der Waals surface area (Å²) in [6.45, 7) is 0.0373. The van der Waals surface area contributed by atoms with Crippen LogP contribution in [-0.2, 0) is 16.6 Å². The molecule has 1 heterocycles. The fraction of sp³-hybridized carbons (Fsp3) is 0.100. The van der Waals surface area contributed by atoms with E-state index in [9.17, 15) is 13.2 Å².